The summed E-state index contributed by atoms with van der Waals surface area (Å²) in [6.07, 6.45) is 7.34. The number of methoxy groups -OCH3 is 1. The normalized spacial score (nSPS) is 19.0. The minimum atomic E-state index is 0.299. The summed E-state index contributed by atoms with van der Waals surface area (Å²) in [6.45, 7) is 7.29. The molecule has 0 bridgehead atoms. The number of allylic oxidation sites excluding steroid dienone is 2. The molecule has 1 aliphatic carbocycles. The first-order valence-electron chi connectivity index (χ1n) is 11.2. The maximum absolute atomic E-state index is 5.99. The second kappa shape index (κ2) is 11.7. The molecule has 2 nitrogen and oxygen atoms in total. The van der Waals surface area contributed by atoms with E-state index >= 15 is 0 Å². The third-order valence-corrected chi connectivity index (χ3v) is 8.35. The van der Waals surface area contributed by atoms with Crippen LogP contribution in [-0.2, 0) is 11.2 Å². The minimum absolute atomic E-state index is 0.299. The van der Waals surface area contributed by atoms with Crippen molar-refractivity contribution in [1.82, 2.24) is 0 Å². The van der Waals surface area contributed by atoms with Crippen LogP contribution in [0.3, 0.4) is 0 Å². The van der Waals surface area contributed by atoms with E-state index in [9.17, 15) is 0 Å². The van der Waals surface area contributed by atoms with Gasteiger partial charge < -0.3 is 0 Å². The van der Waals surface area contributed by atoms with Crippen LogP contribution < -0.4 is 9.20 Å². The Bertz CT molecular complexity index is 813. The summed E-state index contributed by atoms with van der Waals surface area (Å²) < 4.78 is 12.7. The van der Waals surface area contributed by atoms with Crippen molar-refractivity contribution in [2.45, 2.75) is 57.7 Å². The average molecular weight is 472 g/mol. The quantitative estimate of drug-likeness (QED) is 0.179. The second-order valence-corrected chi connectivity index (χ2v) is 11.1. The molecule has 0 saturated heterocycles. The summed E-state index contributed by atoms with van der Waals surface area (Å²) in [5, 5.41) is 1.28. The molecular weight excluding hydrogens is 435 g/mol. The molecule has 162 valence electrons. The molecule has 0 aromatic heterocycles. The van der Waals surface area contributed by atoms with E-state index in [4.69, 9.17) is 9.47 Å². The third-order valence-electron chi connectivity index (χ3n) is 6.04. The van der Waals surface area contributed by atoms with Crippen LogP contribution in [0.15, 0.2) is 60.2 Å². The molecule has 0 aliphatic heterocycles. The fourth-order valence-electron chi connectivity index (χ4n) is 4.41. The Hall–Kier alpha value is -1.54. The zero-order chi connectivity index (χ0) is 21.3. The zero-order valence-electron chi connectivity index (χ0n) is 18.9. The third kappa shape index (κ3) is 6.48. The van der Waals surface area contributed by atoms with Gasteiger partial charge in [-0.25, -0.2) is 0 Å². The summed E-state index contributed by atoms with van der Waals surface area (Å²) in [5.41, 5.74) is 4.28. The zero-order valence-corrected chi connectivity index (χ0v) is 20.6. The molecule has 2 aromatic rings. The van der Waals surface area contributed by atoms with Gasteiger partial charge in [0.15, 0.2) is 0 Å². The molecule has 2 atom stereocenters. The topological polar surface area (TPSA) is 18.5 Å². The number of hydrogen-bond acceptors (Lipinski definition) is 2. The molecular formula is C27H36O2Se. The number of hydrogen-bond donors (Lipinski definition) is 0. The van der Waals surface area contributed by atoms with Crippen molar-refractivity contribution < 1.29 is 9.47 Å². The Morgan fingerprint density at radius 2 is 1.90 bits per heavy atom. The van der Waals surface area contributed by atoms with Gasteiger partial charge in [0.2, 0.25) is 0 Å². The SMILES string of the molecule is COCOc1ccc(CCC[Se]c2ccccc2)cc1[C@@H]1C=C(C)CC[C@H]1C(C)C. The van der Waals surface area contributed by atoms with E-state index in [1.165, 1.54) is 45.7 Å². The summed E-state index contributed by atoms with van der Waals surface area (Å²) in [6, 6.07) is 17.7. The van der Waals surface area contributed by atoms with Gasteiger partial charge in [-0.2, -0.15) is 0 Å². The van der Waals surface area contributed by atoms with E-state index in [0.717, 1.165) is 12.2 Å². The van der Waals surface area contributed by atoms with Crippen molar-refractivity contribution in [2.75, 3.05) is 13.9 Å². The first-order valence-corrected chi connectivity index (χ1v) is 13.2. The van der Waals surface area contributed by atoms with E-state index in [-0.39, 0.29) is 0 Å². The first kappa shape index (κ1) is 23.1. The average Bonchev–Trinajstić information content (AvgIpc) is 2.76. The number of rotatable bonds is 10. The van der Waals surface area contributed by atoms with Gasteiger partial charge in [-0.1, -0.05) is 0 Å². The van der Waals surface area contributed by atoms with Crippen LogP contribution in [0.2, 0.25) is 5.32 Å². The van der Waals surface area contributed by atoms with E-state index in [1.807, 2.05) is 0 Å². The van der Waals surface area contributed by atoms with Crippen molar-refractivity contribution in [3.8, 4) is 5.75 Å². The van der Waals surface area contributed by atoms with E-state index < -0.39 is 0 Å². The van der Waals surface area contributed by atoms with Crippen LogP contribution in [-0.4, -0.2) is 28.9 Å². The molecule has 0 N–H and O–H groups in total. The van der Waals surface area contributed by atoms with E-state index in [2.05, 4.69) is 75.4 Å². The van der Waals surface area contributed by atoms with Gasteiger partial charge in [-0.05, 0) is 0 Å². The summed E-state index contributed by atoms with van der Waals surface area (Å²) in [5.74, 6) is 2.73. The molecule has 0 unspecified atom stereocenters. The fourth-order valence-corrected chi connectivity index (χ4v) is 6.24. The molecule has 0 fully saturated rings. The van der Waals surface area contributed by atoms with E-state index in [1.54, 1.807) is 7.11 Å². The van der Waals surface area contributed by atoms with Crippen LogP contribution in [0.1, 0.15) is 57.1 Å². The van der Waals surface area contributed by atoms with Crippen LogP contribution in [0.5, 0.6) is 5.75 Å². The van der Waals surface area contributed by atoms with Gasteiger partial charge in [-0.15, -0.1) is 0 Å². The Kier molecular flexibility index (Phi) is 9.05. The van der Waals surface area contributed by atoms with Crippen molar-refractivity contribution in [1.29, 1.82) is 0 Å². The molecule has 0 heterocycles. The molecule has 2 aromatic carbocycles. The van der Waals surface area contributed by atoms with Crippen molar-refractivity contribution in [3.63, 3.8) is 0 Å². The van der Waals surface area contributed by atoms with Gasteiger partial charge in [0.1, 0.15) is 0 Å². The molecule has 0 spiro atoms. The summed E-state index contributed by atoms with van der Waals surface area (Å²) in [4.78, 5) is 0. The van der Waals surface area contributed by atoms with Crippen molar-refractivity contribution >= 4 is 19.4 Å². The van der Waals surface area contributed by atoms with Crippen molar-refractivity contribution in [2.24, 2.45) is 11.8 Å². The number of benzene rings is 2. The molecule has 1 aliphatic rings. The first-order chi connectivity index (χ1) is 14.6. The van der Waals surface area contributed by atoms with Crippen LogP contribution in [0, 0.1) is 11.8 Å². The van der Waals surface area contributed by atoms with Crippen LogP contribution in [0.25, 0.3) is 0 Å². The predicted molar refractivity (Wildman–Crippen MR) is 128 cm³/mol. The van der Waals surface area contributed by atoms with Gasteiger partial charge in [0.25, 0.3) is 0 Å². The van der Waals surface area contributed by atoms with Gasteiger partial charge in [-0.3, -0.25) is 0 Å². The summed E-state index contributed by atoms with van der Waals surface area (Å²) in [7, 11) is 1.68. The Balaban J connectivity index is 1.75. The Labute approximate surface area is 189 Å². The molecule has 30 heavy (non-hydrogen) atoms. The molecule has 3 heteroatoms. The molecule has 0 amide bonds. The monoisotopic (exact) mass is 472 g/mol. The van der Waals surface area contributed by atoms with Gasteiger partial charge in [0, 0.05) is 0 Å². The Morgan fingerprint density at radius 1 is 1.10 bits per heavy atom. The summed E-state index contributed by atoms with van der Waals surface area (Å²) >= 11 is 0.567. The standard InChI is InChI=1S/C27H36O2Se/c1-20(2)24-14-12-21(3)17-25(24)26-18-22(13-15-27(26)29-19-28-4)9-8-16-30-23-10-6-5-7-11-23/h5-7,10-11,13,15,17-18,20,24-25H,8-9,12,14,16,19H2,1-4H3/t24-,25+/m0/s1. The van der Waals surface area contributed by atoms with E-state index in [0.29, 0.717) is 39.5 Å². The van der Waals surface area contributed by atoms with Crippen molar-refractivity contribution in [3.05, 3.63) is 71.3 Å². The predicted octanol–water partition coefficient (Wildman–Crippen LogP) is 6.15. The molecule has 0 radical (unpaired) electrons. The van der Waals surface area contributed by atoms with Gasteiger partial charge in [0.05, 0.1) is 0 Å². The number of aryl methyl sites for hydroxylation is 1. The molecule has 0 saturated carbocycles. The van der Waals surface area contributed by atoms with Gasteiger partial charge >= 0.3 is 189 Å². The Morgan fingerprint density at radius 3 is 2.63 bits per heavy atom. The number of ether oxygens (including phenoxy) is 2. The van der Waals surface area contributed by atoms with Crippen LogP contribution >= 0.6 is 0 Å². The maximum atomic E-state index is 5.99. The van der Waals surface area contributed by atoms with Crippen LogP contribution in [0.4, 0.5) is 0 Å². The fraction of sp³-hybridized carbons (Fsp3) is 0.481. The second-order valence-electron chi connectivity index (χ2n) is 8.67. The molecule has 3 rings (SSSR count).